The second-order valence-electron chi connectivity index (χ2n) is 9.96. The van der Waals surface area contributed by atoms with Crippen molar-refractivity contribution in [3.63, 3.8) is 0 Å². The minimum absolute atomic E-state index is 0.124. The lowest BCUT2D eigenvalue weighted by Crippen LogP contribution is -2.52. The second-order valence-corrected chi connectivity index (χ2v) is 9.96. The highest BCUT2D eigenvalue weighted by Gasteiger charge is 2.63. The SMILES string of the molecule is CC(=O)C1(C)CCC2C3C=C(C)C4=CC(=O)CCC4(C)C3CCC21C. The van der Waals surface area contributed by atoms with Gasteiger partial charge in [0.1, 0.15) is 5.78 Å². The second kappa shape index (κ2) is 5.18. The number of fused-ring (bicyclic) bond motifs is 5. The zero-order chi connectivity index (χ0) is 18.2. The van der Waals surface area contributed by atoms with Crippen molar-refractivity contribution in [1.82, 2.24) is 0 Å². The predicted molar refractivity (Wildman–Crippen MR) is 100 cm³/mol. The minimum atomic E-state index is -0.163. The van der Waals surface area contributed by atoms with Crippen LogP contribution in [-0.2, 0) is 9.59 Å². The van der Waals surface area contributed by atoms with Gasteiger partial charge in [-0.3, -0.25) is 9.59 Å². The van der Waals surface area contributed by atoms with Crippen molar-refractivity contribution < 1.29 is 9.59 Å². The monoisotopic (exact) mass is 340 g/mol. The molecule has 4 aliphatic carbocycles. The van der Waals surface area contributed by atoms with Gasteiger partial charge < -0.3 is 0 Å². The zero-order valence-electron chi connectivity index (χ0n) is 16.4. The molecule has 4 rings (SSSR count). The third kappa shape index (κ3) is 2.03. The molecule has 6 atom stereocenters. The van der Waals surface area contributed by atoms with Crippen molar-refractivity contribution in [1.29, 1.82) is 0 Å². The molecule has 6 unspecified atom stereocenters. The van der Waals surface area contributed by atoms with Crippen LogP contribution in [0.15, 0.2) is 23.3 Å². The van der Waals surface area contributed by atoms with Gasteiger partial charge in [-0.1, -0.05) is 32.4 Å². The molecular formula is C23H32O2. The van der Waals surface area contributed by atoms with Crippen LogP contribution >= 0.6 is 0 Å². The molecule has 0 aromatic carbocycles. The van der Waals surface area contributed by atoms with Crippen molar-refractivity contribution in [3.05, 3.63) is 23.3 Å². The van der Waals surface area contributed by atoms with Crippen LogP contribution in [0, 0.1) is 34.0 Å². The van der Waals surface area contributed by atoms with Gasteiger partial charge in [0.05, 0.1) is 0 Å². The van der Waals surface area contributed by atoms with Gasteiger partial charge in [-0.2, -0.15) is 0 Å². The van der Waals surface area contributed by atoms with Crippen molar-refractivity contribution in [2.45, 2.75) is 73.1 Å². The quantitative estimate of drug-likeness (QED) is 0.651. The van der Waals surface area contributed by atoms with E-state index in [2.05, 4.69) is 33.8 Å². The molecule has 136 valence electrons. The van der Waals surface area contributed by atoms with Crippen LogP contribution in [-0.4, -0.2) is 11.6 Å². The van der Waals surface area contributed by atoms with Crippen LogP contribution in [0.3, 0.4) is 0 Å². The molecule has 0 aromatic heterocycles. The Kier molecular flexibility index (Phi) is 3.57. The van der Waals surface area contributed by atoms with E-state index in [0.29, 0.717) is 35.7 Å². The third-order valence-electron chi connectivity index (χ3n) is 9.21. The van der Waals surface area contributed by atoms with E-state index >= 15 is 0 Å². The summed E-state index contributed by atoms with van der Waals surface area (Å²) in [5.74, 6) is 2.47. The Morgan fingerprint density at radius 2 is 1.76 bits per heavy atom. The molecule has 0 radical (unpaired) electrons. The average Bonchev–Trinajstić information content (AvgIpc) is 2.83. The molecule has 0 aliphatic heterocycles. The molecule has 2 fully saturated rings. The number of carbonyl (C=O) groups is 2. The number of ketones is 2. The summed E-state index contributed by atoms with van der Waals surface area (Å²) in [5, 5.41) is 0. The van der Waals surface area contributed by atoms with Gasteiger partial charge in [-0.25, -0.2) is 0 Å². The first-order valence-electron chi connectivity index (χ1n) is 10.1. The summed E-state index contributed by atoms with van der Waals surface area (Å²) in [4.78, 5) is 24.5. The van der Waals surface area contributed by atoms with Crippen LogP contribution in [0.1, 0.15) is 73.1 Å². The molecule has 2 heteroatoms. The maximum absolute atomic E-state index is 12.5. The van der Waals surface area contributed by atoms with E-state index in [4.69, 9.17) is 0 Å². The van der Waals surface area contributed by atoms with E-state index in [9.17, 15) is 9.59 Å². The molecule has 0 spiro atoms. The largest absolute Gasteiger partial charge is 0.299 e. The standard InChI is InChI=1S/C23H32O2/c1-14-12-17-18(21(3)9-6-16(25)13-20(14)21)7-11-23(5)19(17)8-10-22(23,4)15(2)24/h12-13,17-19H,6-11H2,1-5H3. The molecule has 0 N–H and O–H groups in total. The highest BCUT2D eigenvalue weighted by atomic mass is 16.1. The minimum Gasteiger partial charge on any atom is -0.299 e. The number of rotatable bonds is 1. The maximum Gasteiger partial charge on any atom is 0.156 e. The molecule has 4 aliphatic rings. The van der Waals surface area contributed by atoms with E-state index < -0.39 is 0 Å². The molecule has 0 bridgehead atoms. The summed E-state index contributed by atoms with van der Waals surface area (Å²) in [6, 6.07) is 0. The summed E-state index contributed by atoms with van der Waals surface area (Å²) >= 11 is 0. The Hall–Kier alpha value is -1.18. The van der Waals surface area contributed by atoms with Gasteiger partial charge in [0.15, 0.2) is 5.78 Å². The predicted octanol–water partition coefficient (Wildman–Crippen LogP) is 5.28. The lowest BCUT2D eigenvalue weighted by atomic mass is 9.46. The Morgan fingerprint density at radius 1 is 1.08 bits per heavy atom. The summed E-state index contributed by atoms with van der Waals surface area (Å²) < 4.78 is 0. The highest BCUT2D eigenvalue weighted by Crippen LogP contribution is 2.69. The fourth-order valence-electron chi connectivity index (χ4n) is 7.26. The van der Waals surface area contributed by atoms with Crippen LogP contribution in [0.25, 0.3) is 0 Å². The normalized spacial score (nSPS) is 48.8. The highest BCUT2D eigenvalue weighted by molar-refractivity contribution is 5.92. The molecule has 2 nitrogen and oxygen atoms in total. The number of hydrogen-bond acceptors (Lipinski definition) is 2. The fourth-order valence-corrected chi connectivity index (χ4v) is 7.26. The smallest absolute Gasteiger partial charge is 0.156 e. The Morgan fingerprint density at radius 3 is 2.44 bits per heavy atom. The molecule has 0 heterocycles. The number of hydrogen-bond donors (Lipinski definition) is 0. The molecule has 0 amide bonds. The topological polar surface area (TPSA) is 34.1 Å². The fraction of sp³-hybridized carbons (Fsp3) is 0.739. The lowest BCUT2D eigenvalue weighted by Gasteiger charge is -2.58. The molecule has 25 heavy (non-hydrogen) atoms. The van der Waals surface area contributed by atoms with Gasteiger partial charge in [-0.05, 0) is 86.2 Å². The van der Waals surface area contributed by atoms with Gasteiger partial charge in [0.25, 0.3) is 0 Å². The summed E-state index contributed by atoms with van der Waals surface area (Å²) in [5.41, 5.74) is 2.73. The van der Waals surface area contributed by atoms with Crippen molar-refractivity contribution in [2.24, 2.45) is 34.0 Å². The summed E-state index contributed by atoms with van der Waals surface area (Å²) in [7, 11) is 0. The number of allylic oxidation sites excluding steroid dienone is 4. The molecule has 0 aromatic rings. The van der Waals surface area contributed by atoms with Gasteiger partial charge in [-0.15, -0.1) is 0 Å². The first kappa shape index (κ1) is 17.2. The van der Waals surface area contributed by atoms with Gasteiger partial charge in [0.2, 0.25) is 0 Å². The summed E-state index contributed by atoms with van der Waals surface area (Å²) in [6.07, 6.45) is 10.7. The first-order valence-corrected chi connectivity index (χ1v) is 10.1. The van der Waals surface area contributed by atoms with Crippen LogP contribution < -0.4 is 0 Å². The molecular weight excluding hydrogens is 308 g/mol. The number of Topliss-reactive ketones (excluding diaryl/α,β-unsaturated/α-hetero) is 1. The van der Waals surface area contributed by atoms with Gasteiger partial charge >= 0.3 is 0 Å². The van der Waals surface area contributed by atoms with E-state index in [1.165, 1.54) is 24.0 Å². The third-order valence-corrected chi connectivity index (χ3v) is 9.21. The average molecular weight is 341 g/mol. The van der Waals surface area contributed by atoms with E-state index in [-0.39, 0.29) is 16.2 Å². The van der Waals surface area contributed by atoms with Crippen LogP contribution in [0.2, 0.25) is 0 Å². The van der Waals surface area contributed by atoms with Crippen molar-refractivity contribution >= 4 is 11.6 Å². The summed E-state index contributed by atoms with van der Waals surface area (Å²) in [6.45, 7) is 11.0. The Bertz CT molecular complexity index is 714. The van der Waals surface area contributed by atoms with Crippen LogP contribution in [0.4, 0.5) is 0 Å². The molecule has 0 saturated heterocycles. The van der Waals surface area contributed by atoms with Crippen LogP contribution in [0.5, 0.6) is 0 Å². The Balaban J connectivity index is 1.80. The van der Waals surface area contributed by atoms with Crippen molar-refractivity contribution in [2.75, 3.05) is 0 Å². The van der Waals surface area contributed by atoms with Crippen molar-refractivity contribution in [3.8, 4) is 0 Å². The lowest BCUT2D eigenvalue weighted by molar-refractivity contribution is -0.136. The van der Waals surface area contributed by atoms with E-state index in [1.807, 2.05) is 6.08 Å². The zero-order valence-corrected chi connectivity index (χ0v) is 16.4. The van der Waals surface area contributed by atoms with E-state index in [1.54, 1.807) is 6.92 Å². The number of carbonyl (C=O) groups excluding carboxylic acids is 2. The molecule has 2 saturated carbocycles. The van der Waals surface area contributed by atoms with E-state index in [0.717, 1.165) is 19.3 Å². The first-order chi connectivity index (χ1) is 11.6. The maximum atomic E-state index is 12.5. The van der Waals surface area contributed by atoms with Gasteiger partial charge in [0, 0.05) is 11.8 Å². The Labute approximate surface area is 152 Å².